The number of hydrogen-bond acceptors (Lipinski definition) is 5. The lowest BCUT2D eigenvalue weighted by Crippen LogP contribution is -2.45. The summed E-state index contributed by atoms with van der Waals surface area (Å²) in [5.74, 6) is 6.23. The van der Waals surface area contributed by atoms with Crippen LogP contribution in [0.4, 0.5) is 0 Å². The van der Waals surface area contributed by atoms with E-state index in [9.17, 15) is 5.11 Å². The first-order valence-corrected chi connectivity index (χ1v) is 9.58. The predicted molar refractivity (Wildman–Crippen MR) is 114 cm³/mol. The Morgan fingerprint density at radius 3 is 2.62 bits per heavy atom. The second kappa shape index (κ2) is 7.73. The topological polar surface area (TPSA) is 85.4 Å². The summed E-state index contributed by atoms with van der Waals surface area (Å²) in [4.78, 5) is 0. The molecule has 3 rings (SSSR count). The van der Waals surface area contributed by atoms with Crippen molar-refractivity contribution in [1.82, 2.24) is 0 Å². The molecule has 0 aliphatic heterocycles. The van der Waals surface area contributed by atoms with E-state index in [4.69, 9.17) is 10.4 Å². The highest BCUT2D eigenvalue weighted by Crippen LogP contribution is 2.46. The van der Waals surface area contributed by atoms with Crippen LogP contribution in [0, 0.1) is 18.8 Å². The van der Waals surface area contributed by atoms with Crippen LogP contribution in [0.1, 0.15) is 60.6 Å². The van der Waals surface area contributed by atoms with Crippen LogP contribution in [0.3, 0.4) is 0 Å². The van der Waals surface area contributed by atoms with Gasteiger partial charge in [0.1, 0.15) is 5.60 Å². The average molecular weight is 390 g/mol. The van der Waals surface area contributed by atoms with Crippen molar-refractivity contribution in [2.75, 3.05) is 0 Å². The van der Waals surface area contributed by atoms with E-state index in [1.165, 1.54) is 6.21 Å². The van der Waals surface area contributed by atoms with Crippen molar-refractivity contribution < 1.29 is 15.5 Å². The lowest BCUT2D eigenvalue weighted by molar-refractivity contribution is 0.0394. The first kappa shape index (κ1) is 20.6. The Labute approximate surface area is 171 Å². The second-order valence-electron chi connectivity index (χ2n) is 8.03. The SMILES string of the molecule is C/C(=N\O)c1ccc2c(c1)CCC2(C)C(C)(O)C#Cc1ccc(/C=N/O)cc1C. The van der Waals surface area contributed by atoms with Crippen molar-refractivity contribution in [3.05, 3.63) is 69.8 Å². The molecule has 150 valence electrons. The summed E-state index contributed by atoms with van der Waals surface area (Å²) < 4.78 is 0. The number of aryl methyl sites for hydroxylation is 2. The highest BCUT2D eigenvalue weighted by Gasteiger charge is 2.47. The van der Waals surface area contributed by atoms with Gasteiger partial charge in [-0.05, 0) is 79.6 Å². The van der Waals surface area contributed by atoms with Gasteiger partial charge in [-0.3, -0.25) is 0 Å². The molecule has 1 aliphatic rings. The summed E-state index contributed by atoms with van der Waals surface area (Å²) in [5, 5.41) is 35.4. The first-order valence-electron chi connectivity index (χ1n) is 9.58. The van der Waals surface area contributed by atoms with Crippen LogP contribution in [0.15, 0.2) is 46.7 Å². The molecule has 0 bridgehead atoms. The van der Waals surface area contributed by atoms with Crippen LogP contribution in [0.2, 0.25) is 0 Å². The number of nitrogens with zero attached hydrogens (tertiary/aromatic N) is 2. The molecule has 3 N–H and O–H groups in total. The van der Waals surface area contributed by atoms with Gasteiger partial charge in [0, 0.05) is 11.0 Å². The summed E-state index contributed by atoms with van der Waals surface area (Å²) in [7, 11) is 0. The number of hydrogen-bond donors (Lipinski definition) is 3. The zero-order chi connectivity index (χ0) is 21.2. The fraction of sp³-hybridized carbons (Fsp3) is 0.333. The molecule has 5 heteroatoms. The Morgan fingerprint density at radius 1 is 1.21 bits per heavy atom. The maximum atomic E-state index is 11.3. The van der Waals surface area contributed by atoms with Crippen LogP contribution in [-0.2, 0) is 11.8 Å². The average Bonchev–Trinajstić information content (AvgIpc) is 3.05. The first-order chi connectivity index (χ1) is 13.7. The lowest BCUT2D eigenvalue weighted by atomic mass is 9.70. The minimum atomic E-state index is -1.22. The van der Waals surface area contributed by atoms with Crippen LogP contribution in [-0.4, -0.2) is 33.0 Å². The van der Waals surface area contributed by atoms with Gasteiger partial charge in [-0.1, -0.05) is 47.3 Å². The van der Waals surface area contributed by atoms with Crippen molar-refractivity contribution in [1.29, 1.82) is 0 Å². The molecule has 0 radical (unpaired) electrons. The maximum Gasteiger partial charge on any atom is 0.132 e. The van der Waals surface area contributed by atoms with Gasteiger partial charge in [0.25, 0.3) is 0 Å². The fourth-order valence-corrected chi connectivity index (χ4v) is 3.95. The summed E-state index contributed by atoms with van der Waals surface area (Å²) >= 11 is 0. The summed E-state index contributed by atoms with van der Waals surface area (Å²) in [6, 6.07) is 11.5. The molecule has 0 amide bonds. The van der Waals surface area contributed by atoms with E-state index in [-0.39, 0.29) is 0 Å². The third-order valence-corrected chi connectivity index (χ3v) is 6.13. The Kier molecular flexibility index (Phi) is 5.50. The molecule has 0 spiro atoms. The van der Waals surface area contributed by atoms with Gasteiger partial charge in [-0.15, -0.1) is 0 Å². The summed E-state index contributed by atoms with van der Waals surface area (Å²) in [5.41, 5.74) is 4.51. The highest BCUT2D eigenvalue weighted by molar-refractivity contribution is 5.98. The number of benzene rings is 2. The van der Waals surface area contributed by atoms with Gasteiger partial charge in [0.15, 0.2) is 0 Å². The molecule has 29 heavy (non-hydrogen) atoms. The molecular formula is C24H26N2O3. The maximum absolute atomic E-state index is 11.3. The van der Waals surface area contributed by atoms with E-state index < -0.39 is 11.0 Å². The van der Waals surface area contributed by atoms with Gasteiger partial charge in [0.2, 0.25) is 0 Å². The van der Waals surface area contributed by atoms with Crippen molar-refractivity contribution in [2.45, 2.75) is 51.6 Å². The Balaban J connectivity index is 1.95. The van der Waals surface area contributed by atoms with Gasteiger partial charge in [-0.25, -0.2) is 0 Å². The van der Waals surface area contributed by atoms with E-state index >= 15 is 0 Å². The highest BCUT2D eigenvalue weighted by atomic mass is 16.4. The second-order valence-corrected chi connectivity index (χ2v) is 8.03. The molecule has 0 heterocycles. The zero-order valence-corrected chi connectivity index (χ0v) is 17.2. The Morgan fingerprint density at radius 2 is 1.97 bits per heavy atom. The van der Waals surface area contributed by atoms with Crippen LogP contribution in [0.5, 0.6) is 0 Å². The van der Waals surface area contributed by atoms with E-state index in [1.807, 2.05) is 50.2 Å². The normalized spacial score (nSPS) is 20.8. The van der Waals surface area contributed by atoms with Gasteiger partial charge in [-0.2, -0.15) is 0 Å². The van der Waals surface area contributed by atoms with Crippen LogP contribution in [0.25, 0.3) is 0 Å². The molecule has 2 unspecified atom stereocenters. The molecule has 2 aromatic carbocycles. The molecule has 1 aliphatic carbocycles. The minimum absolute atomic E-state index is 0.504. The quantitative estimate of drug-likeness (QED) is 0.320. The molecule has 2 atom stereocenters. The largest absolute Gasteiger partial charge is 0.411 e. The standard InChI is InChI=1S/C24H26N2O3/c1-16-13-18(15-25-28)5-6-19(16)10-12-24(4,27)23(3)11-9-21-14-20(17(2)26-29)7-8-22(21)23/h5-8,13-15,27-29H,9,11H2,1-4H3/b25-15+,26-17+. The molecule has 0 aromatic heterocycles. The molecule has 0 saturated heterocycles. The van der Waals surface area contributed by atoms with Crippen LogP contribution >= 0.6 is 0 Å². The lowest BCUT2D eigenvalue weighted by Gasteiger charge is -2.37. The minimum Gasteiger partial charge on any atom is -0.411 e. The monoisotopic (exact) mass is 390 g/mol. The third kappa shape index (κ3) is 3.76. The molecule has 2 aromatic rings. The van der Waals surface area contributed by atoms with E-state index in [0.29, 0.717) is 5.71 Å². The van der Waals surface area contributed by atoms with Crippen molar-refractivity contribution in [3.8, 4) is 11.8 Å². The van der Waals surface area contributed by atoms with E-state index in [2.05, 4.69) is 22.2 Å². The van der Waals surface area contributed by atoms with Crippen LogP contribution < -0.4 is 0 Å². The zero-order valence-electron chi connectivity index (χ0n) is 17.2. The molecule has 0 saturated carbocycles. The number of rotatable bonds is 3. The van der Waals surface area contributed by atoms with Gasteiger partial charge >= 0.3 is 0 Å². The third-order valence-electron chi connectivity index (χ3n) is 6.13. The van der Waals surface area contributed by atoms with Crippen molar-refractivity contribution in [2.24, 2.45) is 10.3 Å². The number of aliphatic hydroxyl groups is 1. The smallest absolute Gasteiger partial charge is 0.132 e. The Bertz CT molecular complexity index is 1060. The summed E-state index contributed by atoms with van der Waals surface area (Å²) in [6.07, 6.45) is 2.99. The van der Waals surface area contributed by atoms with Crippen molar-refractivity contribution >= 4 is 11.9 Å². The van der Waals surface area contributed by atoms with Crippen molar-refractivity contribution in [3.63, 3.8) is 0 Å². The number of fused-ring (bicyclic) bond motifs is 1. The molecular weight excluding hydrogens is 364 g/mol. The number of oxime groups is 2. The molecule has 5 nitrogen and oxygen atoms in total. The van der Waals surface area contributed by atoms with Gasteiger partial charge in [0.05, 0.1) is 11.9 Å². The van der Waals surface area contributed by atoms with Gasteiger partial charge < -0.3 is 15.5 Å². The molecule has 0 fully saturated rings. The van der Waals surface area contributed by atoms with E-state index in [0.717, 1.165) is 46.2 Å². The van der Waals surface area contributed by atoms with E-state index in [1.54, 1.807) is 13.8 Å². The Hall–Kier alpha value is -3.10. The fourth-order valence-electron chi connectivity index (χ4n) is 3.95. The predicted octanol–water partition coefficient (Wildman–Crippen LogP) is 4.01. The summed E-state index contributed by atoms with van der Waals surface area (Å²) in [6.45, 7) is 7.52.